The minimum absolute atomic E-state index is 0.196. The van der Waals surface area contributed by atoms with E-state index < -0.39 is 6.10 Å². The zero-order valence-corrected chi connectivity index (χ0v) is 16.0. The van der Waals surface area contributed by atoms with Crippen molar-refractivity contribution in [1.29, 1.82) is 0 Å². The maximum absolute atomic E-state index is 12.3. The first-order chi connectivity index (χ1) is 13.0. The molecule has 0 saturated heterocycles. The van der Waals surface area contributed by atoms with E-state index in [0.29, 0.717) is 22.9 Å². The molecule has 0 radical (unpaired) electrons. The first-order valence-electron chi connectivity index (χ1n) is 8.77. The lowest BCUT2D eigenvalue weighted by Crippen LogP contribution is -2.30. The van der Waals surface area contributed by atoms with E-state index in [2.05, 4.69) is 5.32 Å². The van der Waals surface area contributed by atoms with Crippen LogP contribution in [0.3, 0.4) is 0 Å². The number of aromatic nitrogens is 1. The highest BCUT2D eigenvalue weighted by Crippen LogP contribution is 2.31. The minimum atomic E-state index is -0.602. The van der Waals surface area contributed by atoms with Crippen molar-refractivity contribution in [2.45, 2.75) is 20.0 Å². The largest absolute Gasteiger partial charge is 0.493 e. The first-order valence-corrected chi connectivity index (χ1v) is 9.15. The van der Waals surface area contributed by atoms with Gasteiger partial charge in [-0.05, 0) is 44.2 Å². The summed E-state index contributed by atoms with van der Waals surface area (Å²) < 4.78 is 5.80. The Morgan fingerprint density at radius 1 is 1.26 bits per heavy atom. The Bertz CT molecular complexity index is 973. The fourth-order valence-corrected chi connectivity index (χ4v) is 2.94. The second-order valence-corrected chi connectivity index (χ2v) is 6.68. The van der Waals surface area contributed by atoms with Crippen LogP contribution in [0.25, 0.3) is 22.2 Å². The van der Waals surface area contributed by atoms with Crippen LogP contribution in [0.1, 0.15) is 24.2 Å². The quantitative estimate of drug-likeness (QED) is 0.672. The van der Waals surface area contributed by atoms with Gasteiger partial charge in [0.15, 0.2) is 0 Å². The summed E-state index contributed by atoms with van der Waals surface area (Å²) in [5, 5.41) is 13.4. The van der Waals surface area contributed by atoms with Gasteiger partial charge in [-0.1, -0.05) is 23.7 Å². The molecule has 5 nitrogen and oxygen atoms in total. The lowest BCUT2D eigenvalue weighted by Gasteiger charge is -2.12. The molecule has 0 aliphatic rings. The van der Waals surface area contributed by atoms with Crippen LogP contribution >= 0.6 is 11.6 Å². The molecule has 0 fully saturated rings. The van der Waals surface area contributed by atoms with Crippen LogP contribution in [-0.2, 0) is 0 Å². The van der Waals surface area contributed by atoms with Gasteiger partial charge >= 0.3 is 0 Å². The standard InChI is InChI=1S/C21H21ClN2O3/c1-3-27-20-11-19(14-5-4-6-16(22)9-14)24-18-8-7-15(10-17(18)20)21(26)23-12-13(2)25/h4-11,13,25H,3,12H2,1-2H3,(H,23,26)/t13-/m0/s1. The monoisotopic (exact) mass is 384 g/mol. The van der Waals surface area contributed by atoms with E-state index in [-0.39, 0.29) is 12.5 Å². The number of pyridine rings is 1. The summed E-state index contributed by atoms with van der Waals surface area (Å²) in [5.74, 6) is 0.404. The molecule has 3 rings (SSSR count). The molecule has 0 aliphatic heterocycles. The second kappa shape index (κ2) is 8.37. The summed E-state index contributed by atoms with van der Waals surface area (Å²) >= 11 is 6.10. The summed E-state index contributed by atoms with van der Waals surface area (Å²) in [6.45, 7) is 4.22. The van der Waals surface area contributed by atoms with Crippen LogP contribution < -0.4 is 10.1 Å². The molecular weight excluding hydrogens is 364 g/mol. The average Bonchev–Trinajstić information content (AvgIpc) is 2.66. The highest BCUT2D eigenvalue weighted by Gasteiger charge is 2.13. The van der Waals surface area contributed by atoms with Gasteiger partial charge in [0, 0.05) is 34.1 Å². The van der Waals surface area contributed by atoms with Gasteiger partial charge in [0.2, 0.25) is 0 Å². The number of carbonyl (C=O) groups is 1. The zero-order chi connectivity index (χ0) is 19.4. The summed E-state index contributed by atoms with van der Waals surface area (Å²) in [5.41, 5.74) is 2.85. The number of carbonyl (C=O) groups excluding carboxylic acids is 1. The van der Waals surface area contributed by atoms with Gasteiger partial charge in [0.25, 0.3) is 5.91 Å². The van der Waals surface area contributed by atoms with Crippen LogP contribution in [0.5, 0.6) is 5.75 Å². The Labute approximate surface area is 163 Å². The maximum atomic E-state index is 12.3. The molecule has 1 amide bonds. The number of hydrogen-bond acceptors (Lipinski definition) is 4. The number of amides is 1. The van der Waals surface area contributed by atoms with E-state index in [1.54, 1.807) is 25.1 Å². The predicted molar refractivity (Wildman–Crippen MR) is 107 cm³/mol. The lowest BCUT2D eigenvalue weighted by molar-refractivity contribution is 0.0924. The Balaban J connectivity index is 2.04. The van der Waals surface area contributed by atoms with E-state index in [9.17, 15) is 9.90 Å². The van der Waals surface area contributed by atoms with Crippen LogP contribution in [0.15, 0.2) is 48.5 Å². The third-order valence-electron chi connectivity index (χ3n) is 4.01. The van der Waals surface area contributed by atoms with Gasteiger partial charge in [0.05, 0.1) is 23.9 Å². The number of fused-ring (bicyclic) bond motifs is 1. The minimum Gasteiger partial charge on any atom is -0.493 e. The molecule has 1 heterocycles. The van der Waals surface area contributed by atoms with Crippen molar-refractivity contribution in [1.82, 2.24) is 10.3 Å². The van der Waals surface area contributed by atoms with E-state index >= 15 is 0 Å². The van der Waals surface area contributed by atoms with E-state index in [1.165, 1.54) is 0 Å². The van der Waals surface area contributed by atoms with Gasteiger partial charge < -0.3 is 15.2 Å². The first kappa shape index (κ1) is 19.1. The molecule has 0 spiro atoms. The third kappa shape index (κ3) is 4.56. The number of nitrogens with zero attached hydrogens (tertiary/aromatic N) is 1. The van der Waals surface area contributed by atoms with Gasteiger partial charge in [-0.25, -0.2) is 4.98 Å². The fourth-order valence-electron chi connectivity index (χ4n) is 2.75. The molecule has 1 atom stereocenters. The molecule has 3 aromatic rings. The number of benzene rings is 2. The van der Waals surface area contributed by atoms with Crippen LogP contribution in [0.2, 0.25) is 5.02 Å². The fraction of sp³-hybridized carbons (Fsp3) is 0.238. The van der Waals surface area contributed by atoms with Gasteiger partial charge in [-0.2, -0.15) is 0 Å². The molecule has 0 saturated carbocycles. The molecule has 140 valence electrons. The SMILES string of the molecule is CCOc1cc(-c2cccc(Cl)c2)nc2ccc(C(=O)NC[C@H](C)O)cc12. The van der Waals surface area contributed by atoms with Crippen molar-refractivity contribution in [2.24, 2.45) is 0 Å². The maximum Gasteiger partial charge on any atom is 0.251 e. The summed E-state index contributed by atoms with van der Waals surface area (Å²) in [4.78, 5) is 17.0. The number of aliphatic hydroxyl groups excluding tert-OH is 1. The van der Waals surface area contributed by atoms with Crippen molar-refractivity contribution in [3.05, 3.63) is 59.1 Å². The highest BCUT2D eigenvalue weighted by molar-refractivity contribution is 6.30. The molecular formula is C21H21ClN2O3. The molecule has 0 unspecified atom stereocenters. The number of rotatable bonds is 6. The third-order valence-corrected chi connectivity index (χ3v) is 4.25. The highest BCUT2D eigenvalue weighted by atomic mass is 35.5. The summed E-state index contributed by atoms with van der Waals surface area (Å²) in [7, 11) is 0. The molecule has 6 heteroatoms. The predicted octanol–water partition coefficient (Wildman–Crippen LogP) is 4.06. The van der Waals surface area contributed by atoms with Gasteiger partial charge in [-0.3, -0.25) is 4.79 Å². The molecule has 27 heavy (non-hydrogen) atoms. The molecule has 1 aromatic heterocycles. The Morgan fingerprint density at radius 3 is 2.78 bits per heavy atom. The summed E-state index contributed by atoms with van der Waals surface area (Å²) in [6.07, 6.45) is -0.602. The number of hydrogen-bond donors (Lipinski definition) is 2. The average molecular weight is 385 g/mol. The lowest BCUT2D eigenvalue weighted by atomic mass is 10.1. The Morgan fingerprint density at radius 2 is 2.07 bits per heavy atom. The smallest absolute Gasteiger partial charge is 0.251 e. The van der Waals surface area contributed by atoms with Gasteiger partial charge in [-0.15, -0.1) is 0 Å². The molecule has 2 N–H and O–H groups in total. The molecule has 0 aliphatic carbocycles. The molecule has 0 bridgehead atoms. The van der Waals surface area contributed by atoms with Crippen molar-refractivity contribution in [3.63, 3.8) is 0 Å². The number of halogens is 1. The van der Waals surface area contributed by atoms with Crippen molar-refractivity contribution >= 4 is 28.4 Å². The van der Waals surface area contributed by atoms with E-state index in [4.69, 9.17) is 21.3 Å². The van der Waals surface area contributed by atoms with E-state index in [1.807, 2.05) is 37.3 Å². The topological polar surface area (TPSA) is 71.5 Å². The Kier molecular flexibility index (Phi) is 5.94. The second-order valence-electron chi connectivity index (χ2n) is 6.24. The van der Waals surface area contributed by atoms with Crippen molar-refractivity contribution < 1.29 is 14.6 Å². The molecule has 2 aromatic carbocycles. The van der Waals surface area contributed by atoms with Gasteiger partial charge in [0.1, 0.15) is 5.75 Å². The Hall–Kier alpha value is -2.63. The number of aliphatic hydroxyl groups is 1. The van der Waals surface area contributed by atoms with Crippen LogP contribution in [0, 0.1) is 0 Å². The number of nitrogens with one attached hydrogen (secondary N) is 1. The summed E-state index contributed by atoms with van der Waals surface area (Å²) in [6, 6.07) is 14.6. The zero-order valence-electron chi connectivity index (χ0n) is 15.2. The van der Waals surface area contributed by atoms with Crippen molar-refractivity contribution in [3.8, 4) is 17.0 Å². The number of ether oxygens (including phenoxy) is 1. The van der Waals surface area contributed by atoms with Crippen LogP contribution in [0.4, 0.5) is 0 Å². The van der Waals surface area contributed by atoms with Crippen LogP contribution in [-0.4, -0.2) is 35.3 Å². The normalized spacial score (nSPS) is 12.0. The van der Waals surface area contributed by atoms with Crippen molar-refractivity contribution in [2.75, 3.05) is 13.2 Å². The van der Waals surface area contributed by atoms with E-state index in [0.717, 1.165) is 22.2 Å².